The average Bonchev–Trinajstić information content (AvgIpc) is 3.04. The molecular weight excluding hydrogens is 535 g/mol. The van der Waals surface area contributed by atoms with Gasteiger partial charge in [-0.05, 0) is 53.6 Å². The molecule has 3 saturated heterocycles. The number of halogens is 1. The standard InChI is InChI=1S/C20H21IN4O7/c1-3-31-15(26)19-20(16(27)32-4-2)24-10-30-11-25(20)18(29)23(19)9-13-12(6-5-7-14(13)21)8-22(19)17(24)28/h5-7H,3-4,8-11H2,1-2H3/t19-,20+/m0/s1. The van der Waals surface area contributed by atoms with E-state index >= 15 is 0 Å². The monoisotopic (exact) mass is 556 g/mol. The van der Waals surface area contributed by atoms with Gasteiger partial charge >= 0.3 is 24.0 Å². The zero-order valence-corrected chi connectivity index (χ0v) is 19.7. The molecule has 4 aliphatic heterocycles. The molecule has 0 aromatic heterocycles. The third-order valence-electron chi connectivity index (χ3n) is 6.39. The number of carbonyl (C=O) groups is 4. The van der Waals surface area contributed by atoms with E-state index in [-0.39, 0.29) is 39.8 Å². The molecule has 11 nitrogen and oxygen atoms in total. The van der Waals surface area contributed by atoms with Crippen LogP contribution < -0.4 is 0 Å². The fraction of sp³-hybridized carbons (Fsp3) is 0.500. The molecular formula is C20H21IN4O7. The fourth-order valence-corrected chi connectivity index (χ4v) is 5.94. The van der Waals surface area contributed by atoms with Crippen LogP contribution in [0.5, 0.6) is 0 Å². The highest BCUT2D eigenvalue weighted by Gasteiger charge is 2.88. The van der Waals surface area contributed by atoms with Gasteiger partial charge < -0.3 is 14.2 Å². The third kappa shape index (κ3) is 2.23. The normalized spacial score (nSPS) is 27.8. The van der Waals surface area contributed by atoms with E-state index in [4.69, 9.17) is 14.2 Å². The van der Waals surface area contributed by atoms with E-state index in [2.05, 4.69) is 22.6 Å². The summed E-state index contributed by atoms with van der Waals surface area (Å²) < 4.78 is 17.2. The smallest absolute Gasteiger partial charge is 0.359 e. The predicted molar refractivity (Wildman–Crippen MR) is 114 cm³/mol. The number of hydrogen-bond donors (Lipinski definition) is 0. The number of rotatable bonds is 4. The number of carbonyl (C=O) groups excluding carboxylic acids is 4. The number of nitrogens with zero attached hydrogens (tertiary/aromatic N) is 4. The summed E-state index contributed by atoms with van der Waals surface area (Å²) in [6, 6.07) is 4.36. The summed E-state index contributed by atoms with van der Waals surface area (Å²) in [4.78, 5) is 59.6. The summed E-state index contributed by atoms with van der Waals surface area (Å²) in [6.45, 7) is 2.74. The van der Waals surface area contributed by atoms with Crippen LogP contribution in [0.1, 0.15) is 25.0 Å². The van der Waals surface area contributed by atoms with E-state index in [1.807, 2.05) is 18.2 Å². The molecule has 0 saturated carbocycles. The Kier molecular flexibility index (Phi) is 4.78. The van der Waals surface area contributed by atoms with Crippen LogP contribution in [-0.4, -0.2) is 81.6 Å². The lowest BCUT2D eigenvalue weighted by Gasteiger charge is -2.46. The van der Waals surface area contributed by atoms with E-state index in [1.54, 1.807) is 13.8 Å². The molecule has 0 unspecified atom stereocenters. The molecule has 4 amide bonds. The molecule has 5 rings (SSSR count). The summed E-state index contributed by atoms with van der Waals surface area (Å²) in [5.41, 5.74) is -2.54. The molecule has 32 heavy (non-hydrogen) atoms. The fourth-order valence-electron chi connectivity index (χ4n) is 5.22. The maximum Gasteiger partial charge on any atom is 0.359 e. The molecule has 3 fully saturated rings. The summed E-state index contributed by atoms with van der Waals surface area (Å²) in [5, 5.41) is 0. The molecule has 0 aliphatic carbocycles. The molecule has 4 heterocycles. The third-order valence-corrected chi connectivity index (χ3v) is 7.40. The lowest BCUT2D eigenvalue weighted by atomic mass is 9.90. The second-order valence-corrected chi connectivity index (χ2v) is 8.88. The zero-order valence-electron chi connectivity index (χ0n) is 17.5. The van der Waals surface area contributed by atoms with Gasteiger partial charge in [-0.25, -0.2) is 19.2 Å². The number of amides is 4. The zero-order chi connectivity index (χ0) is 22.8. The Labute approximate surface area is 197 Å². The SMILES string of the molecule is CCOC(=O)[C@@]12N3COCN1C(=O)N1Cc4c(I)cccc4CN(C3=O)[C@@]12C(=O)OCC. The number of urea groups is 2. The van der Waals surface area contributed by atoms with E-state index < -0.39 is 35.3 Å². The van der Waals surface area contributed by atoms with Crippen LogP contribution in [0.3, 0.4) is 0 Å². The number of fused-ring (bicyclic) bond motifs is 1. The summed E-state index contributed by atoms with van der Waals surface area (Å²) in [7, 11) is 0. The lowest BCUT2D eigenvalue weighted by molar-refractivity contribution is -0.212. The first kappa shape index (κ1) is 21.2. The highest BCUT2D eigenvalue weighted by molar-refractivity contribution is 14.1. The number of ether oxygens (including phenoxy) is 3. The molecule has 0 radical (unpaired) electrons. The molecule has 1 aromatic rings. The van der Waals surface area contributed by atoms with Gasteiger partial charge in [0.25, 0.3) is 11.3 Å². The minimum atomic E-state index is -2.06. The number of esters is 2. The van der Waals surface area contributed by atoms with Crippen LogP contribution in [0.2, 0.25) is 0 Å². The van der Waals surface area contributed by atoms with Crippen molar-refractivity contribution in [3.05, 3.63) is 32.9 Å². The maximum absolute atomic E-state index is 13.8. The Bertz CT molecular complexity index is 1050. The second kappa shape index (κ2) is 7.20. The van der Waals surface area contributed by atoms with Crippen molar-refractivity contribution in [1.29, 1.82) is 0 Å². The van der Waals surface area contributed by atoms with Gasteiger partial charge in [-0.2, -0.15) is 0 Å². The Morgan fingerprint density at radius 3 is 2.03 bits per heavy atom. The van der Waals surface area contributed by atoms with Gasteiger partial charge in [-0.3, -0.25) is 19.6 Å². The minimum Gasteiger partial charge on any atom is -0.463 e. The van der Waals surface area contributed by atoms with Gasteiger partial charge in [0.15, 0.2) is 0 Å². The molecule has 12 heteroatoms. The van der Waals surface area contributed by atoms with E-state index in [1.165, 1.54) is 9.80 Å². The largest absolute Gasteiger partial charge is 0.463 e. The first-order chi connectivity index (χ1) is 15.4. The summed E-state index contributed by atoms with van der Waals surface area (Å²) >= 11 is 2.16. The number of hydrogen-bond acceptors (Lipinski definition) is 7. The predicted octanol–water partition coefficient (Wildman–Crippen LogP) is 1.24. The van der Waals surface area contributed by atoms with Crippen LogP contribution >= 0.6 is 22.6 Å². The van der Waals surface area contributed by atoms with E-state index in [9.17, 15) is 19.2 Å². The van der Waals surface area contributed by atoms with E-state index in [0.717, 1.165) is 24.5 Å². The topological polar surface area (TPSA) is 109 Å². The van der Waals surface area contributed by atoms with Crippen LogP contribution in [0.15, 0.2) is 18.2 Å². The van der Waals surface area contributed by atoms with Crippen molar-refractivity contribution in [3.63, 3.8) is 0 Å². The molecule has 0 spiro atoms. The van der Waals surface area contributed by atoms with Gasteiger partial charge in [-0.1, -0.05) is 12.1 Å². The molecule has 0 bridgehead atoms. The van der Waals surface area contributed by atoms with Gasteiger partial charge in [-0.15, -0.1) is 0 Å². The Morgan fingerprint density at radius 1 is 0.938 bits per heavy atom. The van der Waals surface area contributed by atoms with Crippen LogP contribution in [0, 0.1) is 3.57 Å². The summed E-state index contributed by atoms with van der Waals surface area (Å²) in [5.74, 6) is -1.73. The highest BCUT2D eigenvalue weighted by atomic mass is 127. The van der Waals surface area contributed by atoms with Crippen molar-refractivity contribution in [3.8, 4) is 0 Å². The molecule has 2 atom stereocenters. The van der Waals surface area contributed by atoms with Gasteiger partial charge in [0.2, 0.25) is 0 Å². The first-order valence-electron chi connectivity index (χ1n) is 10.2. The Balaban J connectivity index is 1.85. The van der Waals surface area contributed by atoms with Gasteiger partial charge in [0.05, 0.1) is 26.3 Å². The van der Waals surface area contributed by atoms with Crippen molar-refractivity contribution in [2.24, 2.45) is 0 Å². The van der Waals surface area contributed by atoms with Crippen LogP contribution in [0.4, 0.5) is 9.59 Å². The minimum absolute atomic E-state index is 0.00251. The van der Waals surface area contributed by atoms with Crippen molar-refractivity contribution in [1.82, 2.24) is 19.6 Å². The molecule has 1 aromatic carbocycles. The first-order valence-corrected chi connectivity index (χ1v) is 11.3. The molecule has 4 aliphatic rings. The van der Waals surface area contributed by atoms with Crippen LogP contribution in [-0.2, 0) is 36.9 Å². The number of benzene rings is 1. The Hall–Kier alpha value is -2.61. The highest BCUT2D eigenvalue weighted by Crippen LogP contribution is 2.56. The average molecular weight is 556 g/mol. The van der Waals surface area contributed by atoms with Crippen molar-refractivity contribution in [2.45, 2.75) is 38.3 Å². The van der Waals surface area contributed by atoms with Crippen molar-refractivity contribution < 1.29 is 33.4 Å². The van der Waals surface area contributed by atoms with E-state index in [0.29, 0.717) is 0 Å². The second-order valence-electron chi connectivity index (χ2n) is 7.72. The lowest BCUT2D eigenvalue weighted by Crippen LogP contribution is -2.77. The maximum atomic E-state index is 13.8. The van der Waals surface area contributed by atoms with Gasteiger partial charge in [0.1, 0.15) is 13.5 Å². The van der Waals surface area contributed by atoms with Crippen LogP contribution in [0.25, 0.3) is 0 Å². The van der Waals surface area contributed by atoms with Crippen molar-refractivity contribution >= 4 is 46.6 Å². The molecule has 0 N–H and O–H groups in total. The van der Waals surface area contributed by atoms with Crippen molar-refractivity contribution in [2.75, 3.05) is 26.7 Å². The molecule has 170 valence electrons. The summed E-state index contributed by atoms with van der Waals surface area (Å²) in [6.07, 6.45) is 0. The van der Waals surface area contributed by atoms with Gasteiger partial charge in [0, 0.05) is 3.57 Å². The quantitative estimate of drug-likeness (QED) is 0.406. The Morgan fingerprint density at radius 2 is 1.47 bits per heavy atom.